The molecule has 10 heteroatoms. The summed E-state index contributed by atoms with van der Waals surface area (Å²) < 4.78 is 34.2. The maximum Gasteiger partial charge on any atom is 0.229 e. The Morgan fingerprint density at radius 1 is 0.974 bits per heavy atom. The van der Waals surface area contributed by atoms with Crippen molar-refractivity contribution in [3.63, 3.8) is 0 Å². The molecule has 202 valence electrons. The van der Waals surface area contributed by atoms with Crippen LogP contribution in [0.15, 0.2) is 72.9 Å². The zero-order valence-electron chi connectivity index (χ0n) is 22.5. The molecule has 2 N–H and O–H groups in total. The molecule has 0 unspecified atom stereocenters. The Kier molecular flexibility index (Phi) is 7.09. The highest BCUT2D eigenvalue weighted by Gasteiger charge is 2.43. The number of anilines is 2. The number of para-hydroxylation sites is 1. The van der Waals surface area contributed by atoms with Gasteiger partial charge in [0, 0.05) is 40.6 Å². The predicted octanol–water partition coefficient (Wildman–Crippen LogP) is 5.35. The largest absolute Gasteiger partial charge is 0.494 e. The van der Waals surface area contributed by atoms with Gasteiger partial charge < -0.3 is 19.5 Å². The molecule has 0 saturated carbocycles. The summed E-state index contributed by atoms with van der Waals surface area (Å²) in [4.78, 5) is 6.75. The number of hydrogen-bond acceptors (Lipinski definition) is 5. The fourth-order valence-corrected chi connectivity index (χ4v) is 6.36. The fraction of sp³-hybridized carbons (Fsp3) is 0.241. The van der Waals surface area contributed by atoms with Crippen LogP contribution in [0.3, 0.4) is 0 Å². The maximum atomic E-state index is 11.9. The van der Waals surface area contributed by atoms with E-state index in [0.717, 1.165) is 40.3 Å². The molecule has 39 heavy (non-hydrogen) atoms. The van der Waals surface area contributed by atoms with E-state index in [4.69, 9.17) is 17.0 Å². The van der Waals surface area contributed by atoms with E-state index in [9.17, 15) is 8.42 Å². The molecule has 0 bridgehead atoms. The van der Waals surface area contributed by atoms with Crippen molar-refractivity contribution in [3.05, 3.63) is 101 Å². The molecule has 2 atom stereocenters. The first-order valence-electron chi connectivity index (χ1n) is 12.5. The van der Waals surface area contributed by atoms with Crippen LogP contribution in [0.25, 0.3) is 5.69 Å². The van der Waals surface area contributed by atoms with Gasteiger partial charge in [0.2, 0.25) is 10.0 Å². The van der Waals surface area contributed by atoms with Gasteiger partial charge in [-0.3, -0.25) is 9.71 Å². The van der Waals surface area contributed by atoms with E-state index in [1.165, 1.54) is 12.7 Å². The summed E-state index contributed by atoms with van der Waals surface area (Å²) in [6, 6.07) is 21.1. The summed E-state index contributed by atoms with van der Waals surface area (Å²) in [6.07, 6.45) is 2.90. The van der Waals surface area contributed by atoms with Gasteiger partial charge >= 0.3 is 0 Å². The number of nitrogens with one attached hydrogen (secondary N) is 2. The summed E-state index contributed by atoms with van der Waals surface area (Å²) in [6.45, 7) is 6.41. The summed E-state index contributed by atoms with van der Waals surface area (Å²) in [5.74, 6) is 0.396. The number of nitrogens with zero attached hydrogens (tertiary/aromatic N) is 3. The van der Waals surface area contributed by atoms with Gasteiger partial charge in [-0.15, -0.1) is 0 Å². The first-order chi connectivity index (χ1) is 18.6. The van der Waals surface area contributed by atoms with E-state index < -0.39 is 10.0 Å². The second kappa shape index (κ2) is 10.3. The molecule has 2 aromatic carbocycles. The number of thiocarbonyl (C=S) groups is 1. The van der Waals surface area contributed by atoms with Crippen LogP contribution in [0.2, 0.25) is 0 Å². The highest BCUT2D eigenvalue weighted by Crippen LogP contribution is 2.46. The van der Waals surface area contributed by atoms with Crippen molar-refractivity contribution in [2.75, 3.05) is 23.0 Å². The quantitative estimate of drug-likeness (QED) is 0.294. The van der Waals surface area contributed by atoms with E-state index in [-0.39, 0.29) is 12.1 Å². The number of aromatic nitrogens is 2. The minimum absolute atomic E-state index is 0.220. The minimum Gasteiger partial charge on any atom is -0.494 e. The van der Waals surface area contributed by atoms with Crippen molar-refractivity contribution < 1.29 is 13.2 Å². The van der Waals surface area contributed by atoms with Gasteiger partial charge in [-0.1, -0.05) is 24.3 Å². The van der Waals surface area contributed by atoms with Gasteiger partial charge in [0.05, 0.1) is 36.8 Å². The van der Waals surface area contributed by atoms with E-state index in [1.54, 1.807) is 18.3 Å². The second-order valence-corrected chi connectivity index (χ2v) is 11.8. The molecule has 8 nitrogen and oxygen atoms in total. The number of benzene rings is 2. The zero-order chi connectivity index (χ0) is 27.9. The average molecular weight is 562 g/mol. The number of sulfonamides is 1. The summed E-state index contributed by atoms with van der Waals surface area (Å²) >= 11 is 5.92. The van der Waals surface area contributed by atoms with Crippen molar-refractivity contribution in [1.82, 2.24) is 14.9 Å². The number of hydrogen-bond donors (Lipinski definition) is 2. The van der Waals surface area contributed by atoms with Gasteiger partial charge in [0.25, 0.3) is 0 Å². The van der Waals surface area contributed by atoms with E-state index >= 15 is 0 Å². The van der Waals surface area contributed by atoms with Gasteiger partial charge in [0.15, 0.2) is 5.11 Å². The van der Waals surface area contributed by atoms with Crippen LogP contribution < -0.4 is 19.7 Å². The molecule has 0 amide bonds. The van der Waals surface area contributed by atoms with Crippen LogP contribution in [0.1, 0.15) is 40.3 Å². The topological polar surface area (TPSA) is 88.5 Å². The van der Waals surface area contributed by atoms with Crippen molar-refractivity contribution in [2.24, 2.45) is 0 Å². The number of methoxy groups -OCH3 is 1. The molecule has 1 aliphatic heterocycles. The lowest BCUT2D eigenvalue weighted by atomic mass is 9.93. The van der Waals surface area contributed by atoms with Crippen LogP contribution >= 0.6 is 12.2 Å². The molecule has 4 aromatic rings. The van der Waals surface area contributed by atoms with Crippen molar-refractivity contribution in [1.29, 1.82) is 0 Å². The third-order valence-electron chi connectivity index (χ3n) is 7.17. The van der Waals surface area contributed by atoms with Crippen molar-refractivity contribution >= 4 is 38.7 Å². The van der Waals surface area contributed by atoms with Crippen LogP contribution in [-0.4, -0.2) is 36.4 Å². The van der Waals surface area contributed by atoms with Gasteiger partial charge in [-0.2, -0.15) is 0 Å². The summed E-state index contributed by atoms with van der Waals surface area (Å²) in [7, 11) is -1.97. The molecular weight excluding hydrogens is 530 g/mol. The molecule has 3 heterocycles. The first kappa shape index (κ1) is 26.7. The second-order valence-electron chi connectivity index (χ2n) is 9.64. The lowest BCUT2D eigenvalue weighted by Crippen LogP contribution is -2.30. The highest BCUT2D eigenvalue weighted by atomic mass is 32.2. The maximum absolute atomic E-state index is 11.9. The van der Waals surface area contributed by atoms with Crippen molar-refractivity contribution in [3.8, 4) is 11.4 Å². The Labute approximate surface area is 234 Å². The van der Waals surface area contributed by atoms with Gasteiger partial charge in [-0.25, -0.2) is 8.42 Å². The molecule has 1 fully saturated rings. The van der Waals surface area contributed by atoms with Gasteiger partial charge in [-0.05, 0) is 75.0 Å². The Morgan fingerprint density at radius 2 is 1.69 bits per heavy atom. The standard InChI is InChI=1S/C29H31N5O3S2/c1-18-19(2)33(21-11-7-6-8-12-21)20(3)26(18)28-27(24-13-9-10-16-30-24)31-29(38)34(28)22-14-15-23(25(17-22)37-4)32-39(5,35)36/h6-17,27-28,32H,1-5H3,(H,31,38)/t27-,28-/m0/s1. The Morgan fingerprint density at radius 3 is 2.33 bits per heavy atom. The molecule has 0 radical (unpaired) electrons. The average Bonchev–Trinajstić information content (AvgIpc) is 3.36. The van der Waals surface area contributed by atoms with Crippen molar-refractivity contribution in [2.45, 2.75) is 32.9 Å². The molecule has 5 rings (SSSR count). The van der Waals surface area contributed by atoms with Crippen LogP contribution in [0, 0.1) is 20.8 Å². The Hall–Kier alpha value is -3.89. The molecule has 2 aromatic heterocycles. The predicted molar refractivity (Wildman–Crippen MR) is 159 cm³/mol. The van der Waals surface area contributed by atoms with Crippen LogP contribution in [0.5, 0.6) is 5.75 Å². The van der Waals surface area contributed by atoms with Crippen LogP contribution in [-0.2, 0) is 10.0 Å². The summed E-state index contributed by atoms with van der Waals surface area (Å²) in [5.41, 5.74) is 7.68. The Balaban J connectivity index is 1.70. The highest BCUT2D eigenvalue weighted by molar-refractivity contribution is 7.92. The SMILES string of the molecule is COc1cc(N2C(=S)N[C@@H](c3ccccn3)[C@@H]2c2c(C)c(C)n(-c3ccccc3)c2C)ccc1NS(C)(=O)=O. The minimum atomic E-state index is -3.48. The Bertz CT molecular complexity index is 1640. The lowest BCUT2D eigenvalue weighted by Gasteiger charge is -2.29. The monoisotopic (exact) mass is 561 g/mol. The third kappa shape index (κ3) is 4.97. The molecule has 1 saturated heterocycles. The number of ether oxygens (including phenoxy) is 1. The fourth-order valence-electron chi connectivity index (χ4n) is 5.45. The lowest BCUT2D eigenvalue weighted by molar-refractivity contribution is 0.417. The third-order valence-corrected chi connectivity index (χ3v) is 8.08. The number of rotatable bonds is 7. The molecule has 0 spiro atoms. The molecule has 1 aliphatic rings. The van der Waals surface area contributed by atoms with Gasteiger partial charge in [0.1, 0.15) is 5.75 Å². The molecule has 0 aliphatic carbocycles. The summed E-state index contributed by atoms with van der Waals surface area (Å²) in [5, 5.41) is 4.06. The van der Waals surface area contributed by atoms with Crippen LogP contribution in [0.4, 0.5) is 11.4 Å². The smallest absolute Gasteiger partial charge is 0.229 e. The first-order valence-corrected chi connectivity index (χ1v) is 14.8. The van der Waals surface area contributed by atoms with E-state index in [0.29, 0.717) is 16.5 Å². The number of pyridine rings is 1. The molecular formula is C29H31N5O3S2. The van der Waals surface area contributed by atoms with E-state index in [1.807, 2.05) is 42.5 Å². The zero-order valence-corrected chi connectivity index (χ0v) is 24.1. The van der Waals surface area contributed by atoms with E-state index in [2.05, 4.69) is 57.4 Å². The normalized spacial score (nSPS) is 17.3.